The van der Waals surface area contributed by atoms with Crippen LogP contribution in [0.5, 0.6) is 5.75 Å². The molecule has 1 aromatic heterocycles. The molecule has 0 bridgehead atoms. The van der Waals surface area contributed by atoms with Gasteiger partial charge in [0.25, 0.3) is 15.9 Å². The lowest BCUT2D eigenvalue weighted by molar-refractivity contribution is 0.0975. The third kappa shape index (κ3) is 3.60. The van der Waals surface area contributed by atoms with Crippen molar-refractivity contribution in [1.29, 1.82) is 0 Å². The highest BCUT2D eigenvalue weighted by molar-refractivity contribution is 7.90. The smallest absolute Gasteiger partial charge is 0.285 e. The van der Waals surface area contributed by atoms with Gasteiger partial charge in [-0.25, -0.2) is 17.5 Å². The second kappa shape index (κ2) is 6.40. The molecule has 1 aliphatic rings. The summed E-state index contributed by atoms with van der Waals surface area (Å²) in [5.41, 5.74) is 0.967. The Morgan fingerprint density at radius 1 is 1.28 bits per heavy atom. The van der Waals surface area contributed by atoms with Crippen LogP contribution in [-0.4, -0.2) is 31.6 Å². The van der Waals surface area contributed by atoms with Crippen molar-refractivity contribution in [1.82, 2.24) is 14.9 Å². The van der Waals surface area contributed by atoms with Gasteiger partial charge in [-0.2, -0.15) is 5.10 Å². The Hall–Kier alpha value is -2.55. The first-order chi connectivity index (χ1) is 11.8. The number of nitrogens with one attached hydrogen (secondary N) is 1. The SMILES string of the molecule is COc1cc(C(=O)NS(=O)(=O)c2cc(C)ccc2F)nnc1C1CC1. The van der Waals surface area contributed by atoms with Crippen LogP contribution in [0.3, 0.4) is 0 Å². The maximum Gasteiger partial charge on any atom is 0.285 e. The molecule has 1 N–H and O–H groups in total. The van der Waals surface area contributed by atoms with Gasteiger partial charge >= 0.3 is 0 Å². The Labute approximate surface area is 144 Å². The summed E-state index contributed by atoms with van der Waals surface area (Å²) in [6.45, 7) is 1.62. The maximum atomic E-state index is 13.8. The molecule has 1 fully saturated rings. The fraction of sp³-hybridized carbons (Fsp3) is 0.312. The largest absolute Gasteiger partial charge is 0.495 e. The quantitative estimate of drug-likeness (QED) is 0.869. The first-order valence-corrected chi connectivity index (χ1v) is 9.05. The molecule has 0 spiro atoms. The van der Waals surface area contributed by atoms with Gasteiger partial charge in [0.2, 0.25) is 0 Å². The maximum absolute atomic E-state index is 13.8. The number of rotatable bonds is 5. The molecule has 0 aliphatic heterocycles. The number of hydrogen-bond donors (Lipinski definition) is 1. The number of sulfonamides is 1. The standard InChI is InChI=1S/C16H16FN3O4S/c1-9-3-6-11(17)14(7-9)25(22,23)20-16(21)12-8-13(24-2)15(19-18-12)10-4-5-10/h3,6-8,10H,4-5H2,1-2H3,(H,20,21). The number of hydrogen-bond acceptors (Lipinski definition) is 6. The zero-order chi connectivity index (χ0) is 18.2. The van der Waals surface area contributed by atoms with Crippen molar-refractivity contribution in [2.45, 2.75) is 30.6 Å². The van der Waals surface area contributed by atoms with E-state index in [1.165, 1.54) is 19.2 Å². The highest BCUT2D eigenvalue weighted by Crippen LogP contribution is 2.42. The minimum absolute atomic E-state index is 0.224. The molecule has 0 radical (unpaired) electrons. The first kappa shape index (κ1) is 17.3. The Morgan fingerprint density at radius 2 is 2.00 bits per heavy atom. The van der Waals surface area contributed by atoms with E-state index in [-0.39, 0.29) is 11.6 Å². The predicted octanol–water partition coefficient (Wildman–Crippen LogP) is 1.93. The molecule has 9 heteroatoms. The molecule has 3 rings (SSSR count). The van der Waals surface area contributed by atoms with Crippen LogP contribution in [0, 0.1) is 12.7 Å². The zero-order valence-corrected chi connectivity index (χ0v) is 14.4. The molecule has 1 heterocycles. The summed E-state index contributed by atoms with van der Waals surface area (Å²) in [6, 6.07) is 4.94. The van der Waals surface area contributed by atoms with Crippen LogP contribution in [0.2, 0.25) is 0 Å². The normalized spacial score (nSPS) is 14.2. The van der Waals surface area contributed by atoms with Crippen LogP contribution >= 0.6 is 0 Å². The minimum atomic E-state index is -4.38. The molecule has 1 aliphatic carbocycles. The van der Waals surface area contributed by atoms with Gasteiger partial charge in [0.1, 0.15) is 22.2 Å². The molecule has 0 saturated heterocycles. The van der Waals surface area contributed by atoms with E-state index in [1.54, 1.807) is 6.92 Å². The second-order valence-electron chi connectivity index (χ2n) is 5.83. The molecular weight excluding hydrogens is 349 g/mol. The lowest BCUT2D eigenvalue weighted by Gasteiger charge is -2.10. The fourth-order valence-corrected chi connectivity index (χ4v) is 3.47. The van der Waals surface area contributed by atoms with E-state index in [2.05, 4.69) is 10.2 Å². The Morgan fingerprint density at radius 3 is 2.64 bits per heavy atom. The number of carbonyl (C=O) groups excluding carboxylic acids is 1. The van der Waals surface area contributed by atoms with Crippen molar-refractivity contribution < 1.29 is 22.3 Å². The predicted molar refractivity (Wildman–Crippen MR) is 86.3 cm³/mol. The average molecular weight is 365 g/mol. The molecule has 1 amide bonds. The van der Waals surface area contributed by atoms with E-state index < -0.39 is 26.6 Å². The monoisotopic (exact) mass is 365 g/mol. The summed E-state index contributed by atoms with van der Waals surface area (Å²) in [7, 11) is -2.94. The minimum Gasteiger partial charge on any atom is -0.495 e. The van der Waals surface area contributed by atoms with E-state index in [4.69, 9.17) is 4.74 Å². The van der Waals surface area contributed by atoms with Crippen LogP contribution in [0.25, 0.3) is 0 Å². The lowest BCUT2D eigenvalue weighted by Crippen LogP contribution is -2.32. The average Bonchev–Trinajstić information content (AvgIpc) is 3.40. The third-order valence-corrected chi connectivity index (χ3v) is 5.15. The number of nitrogens with zero attached hydrogens (tertiary/aromatic N) is 2. The fourth-order valence-electron chi connectivity index (χ4n) is 2.34. The van der Waals surface area contributed by atoms with Gasteiger partial charge in [0, 0.05) is 12.0 Å². The number of aromatic nitrogens is 2. The van der Waals surface area contributed by atoms with Crippen LogP contribution in [-0.2, 0) is 10.0 Å². The number of amides is 1. The van der Waals surface area contributed by atoms with Gasteiger partial charge in [0.15, 0.2) is 5.69 Å². The van der Waals surface area contributed by atoms with Crippen molar-refractivity contribution in [3.8, 4) is 5.75 Å². The number of halogens is 1. The third-order valence-electron chi connectivity index (χ3n) is 3.81. The molecule has 25 heavy (non-hydrogen) atoms. The van der Waals surface area contributed by atoms with E-state index in [0.717, 1.165) is 25.0 Å². The highest BCUT2D eigenvalue weighted by Gasteiger charge is 2.30. The van der Waals surface area contributed by atoms with Crippen LogP contribution in [0.1, 0.15) is 40.5 Å². The molecular formula is C16H16FN3O4S. The topological polar surface area (TPSA) is 98.2 Å². The van der Waals surface area contributed by atoms with E-state index >= 15 is 0 Å². The summed E-state index contributed by atoms with van der Waals surface area (Å²) in [6.07, 6.45) is 1.94. The number of benzene rings is 1. The van der Waals surface area contributed by atoms with Crippen molar-refractivity contribution in [3.05, 3.63) is 47.0 Å². The summed E-state index contributed by atoms with van der Waals surface area (Å²) in [4.78, 5) is 11.6. The Balaban J connectivity index is 1.87. The Kier molecular flexibility index (Phi) is 4.42. The molecule has 0 atom stereocenters. The molecule has 1 saturated carbocycles. The van der Waals surface area contributed by atoms with Gasteiger partial charge < -0.3 is 4.74 Å². The molecule has 2 aromatic rings. The van der Waals surface area contributed by atoms with E-state index in [0.29, 0.717) is 17.0 Å². The van der Waals surface area contributed by atoms with Crippen LogP contribution in [0.15, 0.2) is 29.2 Å². The second-order valence-corrected chi connectivity index (χ2v) is 7.48. The van der Waals surface area contributed by atoms with Gasteiger partial charge in [-0.05, 0) is 37.5 Å². The molecule has 0 unspecified atom stereocenters. The summed E-state index contributed by atoms with van der Waals surface area (Å²) < 4.78 is 45.4. The number of ether oxygens (including phenoxy) is 1. The van der Waals surface area contributed by atoms with Gasteiger partial charge in [-0.1, -0.05) is 6.07 Å². The number of carbonyl (C=O) groups is 1. The van der Waals surface area contributed by atoms with Crippen molar-refractivity contribution >= 4 is 15.9 Å². The van der Waals surface area contributed by atoms with Crippen LogP contribution in [0.4, 0.5) is 4.39 Å². The zero-order valence-electron chi connectivity index (χ0n) is 13.6. The molecule has 7 nitrogen and oxygen atoms in total. The van der Waals surface area contributed by atoms with E-state index in [9.17, 15) is 17.6 Å². The molecule has 1 aromatic carbocycles. The van der Waals surface area contributed by atoms with Gasteiger partial charge in [-0.15, -0.1) is 5.10 Å². The van der Waals surface area contributed by atoms with Gasteiger partial charge in [0.05, 0.1) is 7.11 Å². The van der Waals surface area contributed by atoms with Gasteiger partial charge in [-0.3, -0.25) is 4.79 Å². The summed E-state index contributed by atoms with van der Waals surface area (Å²) in [5, 5.41) is 7.73. The lowest BCUT2D eigenvalue weighted by atomic mass is 10.2. The Bertz CT molecular complexity index is 942. The first-order valence-electron chi connectivity index (χ1n) is 7.56. The number of methoxy groups -OCH3 is 1. The van der Waals surface area contributed by atoms with Crippen LogP contribution < -0.4 is 9.46 Å². The summed E-state index contributed by atoms with van der Waals surface area (Å²) >= 11 is 0. The number of aryl methyl sites for hydroxylation is 1. The summed E-state index contributed by atoms with van der Waals surface area (Å²) in [5.74, 6) is -1.32. The van der Waals surface area contributed by atoms with Crippen molar-refractivity contribution in [3.63, 3.8) is 0 Å². The van der Waals surface area contributed by atoms with Crippen molar-refractivity contribution in [2.75, 3.05) is 7.11 Å². The highest BCUT2D eigenvalue weighted by atomic mass is 32.2. The molecule has 132 valence electrons. The van der Waals surface area contributed by atoms with Crippen molar-refractivity contribution in [2.24, 2.45) is 0 Å². The van der Waals surface area contributed by atoms with E-state index in [1.807, 2.05) is 4.72 Å².